The van der Waals surface area contributed by atoms with Crippen molar-refractivity contribution in [2.24, 2.45) is 0 Å². The predicted molar refractivity (Wildman–Crippen MR) is 231 cm³/mol. The summed E-state index contributed by atoms with van der Waals surface area (Å²) >= 11 is 0. The van der Waals surface area contributed by atoms with Crippen LogP contribution in [0.3, 0.4) is 0 Å². The van der Waals surface area contributed by atoms with Crippen molar-refractivity contribution in [3.63, 3.8) is 0 Å². The van der Waals surface area contributed by atoms with Crippen LogP contribution in [0.5, 0.6) is 0 Å². The van der Waals surface area contributed by atoms with Crippen LogP contribution in [0.1, 0.15) is 44.9 Å². The third-order valence-electron chi connectivity index (χ3n) is 11.7. The van der Waals surface area contributed by atoms with E-state index in [1.54, 1.807) is 0 Å². The summed E-state index contributed by atoms with van der Waals surface area (Å²) in [5.74, 6) is 3.64. The molecule has 2 aliphatic rings. The smallest absolute Gasteiger partial charge is 0.134 e. The van der Waals surface area contributed by atoms with Gasteiger partial charge >= 0.3 is 0 Å². The average molecular weight is 725 g/mol. The summed E-state index contributed by atoms with van der Waals surface area (Å²) in [5.41, 5.74) is 15.3. The Morgan fingerprint density at radius 2 is 0.691 bits per heavy atom. The van der Waals surface area contributed by atoms with E-state index in [4.69, 9.17) is 8.83 Å². The van der Waals surface area contributed by atoms with Crippen molar-refractivity contribution in [2.45, 2.75) is 24.2 Å². The van der Waals surface area contributed by atoms with Gasteiger partial charge in [0.05, 0.1) is 8.07 Å². The number of rotatable bonds is 8. The van der Waals surface area contributed by atoms with E-state index in [9.17, 15) is 0 Å². The minimum absolute atomic E-state index is 0.143. The summed E-state index contributed by atoms with van der Waals surface area (Å²) in [5, 5.41) is 0. The first-order valence-electron chi connectivity index (χ1n) is 19.2. The van der Waals surface area contributed by atoms with Crippen LogP contribution in [0.2, 0.25) is 13.1 Å². The summed E-state index contributed by atoms with van der Waals surface area (Å²) in [6, 6.07) is 64.9. The van der Waals surface area contributed by atoms with Gasteiger partial charge in [0.2, 0.25) is 0 Å². The van der Waals surface area contributed by atoms with Gasteiger partial charge in [-0.3, -0.25) is 0 Å². The molecule has 10 rings (SSSR count). The highest BCUT2D eigenvalue weighted by Crippen LogP contribution is 2.58. The molecule has 2 aromatic heterocycles. The Morgan fingerprint density at radius 1 is 0.345 bits per heavy atom. The fraction of sp³-hybridized carbons (Fsp3) is 0.0769. The zero-order valence-electron chi connectivity index (χ0n) is 30.9. The Kier molecular flexibility index (Phi) is 8.12. The Labute approximate surface area is 323 Å². The second-order valence-electron chi connectivity index (χ2n) is 15.3. The van der Waals surface area contributed by atoms with Crippen LogP contribution in [-0.2, 0) is 0 Å². The van der Waals surface area contributed by atoms with Gasteiger partial charge in [-0.1, -0.05) is 171 Å². The van der Waals surface area contributed by atoms with Crippen LogP contribution >= 0.6 is 0 Å². The normalized spacial score (nSPS) is 16.0. The van der Waals surface area contributed by atoms with Crippen molar-refractivity contribution in [1.82, 2.24) is 0 Å². The highest BCUT2D eigenvalue weighted by atomic mass is 28.3. The van der Waals surface area contributed by atoms with E-state index < -0.39 is 8.07 Å². The van der Waals surface area contributed by atoms with E-state index in [0.29, 0.717) is 0 Å². The summed E-state index contributed by atoms with van der Waals surface area (Å²) in [6.45, 7) is 5.17. The van der Waals surface area contributed by atoms with E-state index in [-0.39, 0.29) is 11.1 Å². The highest BCUT2D eigenvalue weighted by Gasteiger charge is 2.50. The van der Waals surface area contributed by atoms with Gasteiger partial charge in [0, 0.05) is 33.4 Å². The Morgan fingerprint density at radius 3 is 1.07 bits per heavy atom. The number of allylic oxidation sites excluding steroid dienone is 2. The zero-order valence-corrected chi connectivity index (χ0v) is 31.9. The third kappa shape index (κ3) is 5.71. The van der Waals surface area contributed by atoms with Crippen molar-refractivity contribution in [3.05, 3.63) is 216 Å². The lowest BCUT2D eigenvalue weighted by Gasteiger charge is -2.39. The van der Waals surface area contributed by atoms with Gasteiger partial charge in [0.25, 0.3) is 0 Å². The standard InChI is InChI=1S/C52H40O2Si/c1-55(2,51-41-27-15-25-39(35-17-7-3-8-18-35)43(41)33-45(51)49-31-29-47(53-49)37-21-11-5-12-22-37)52-42-28-16-26-40(36-19-9-4-10-20-36)44(42)34-46(52)50-32-30-48(54-50)38-23-13-6-14-24-38/h3-34,51-52H,1-2H3. The molecule has 0 saturated carbocycles. The molecular weight excluding hydrogens is 685 g/mol. The minimum atomic E-state index is -2.48. The van der Waals surface area contributed by atoms with Crippen LogP contribution in [-0.4, -0.2) is 8.07 Å². The number of benzene rings is 6. The van der Waals surface area contributed by atoms with E-state index in [1.165, 1.54) is 55.7 Å². The molecule has 6 aromatic carbocycles. The molecule has 0 fully saturated rings. The second-order valence-corrected chi connectivity index (χ2v) is 20.1. The first kappa shape index (κ1) is 33.2. The summed E-state index contributed by atoms with van der Waals surface area (Å²) in [7, 11) is -2.48. The molecule has 0 N–H and O–H groups in total. The molecule has 0 aliphatic heterocycles. The molecule has 0 amide bonds. The first-order valence-corrected chi connectivity index (χ1v) is 22.3. The zero-order chi connectivity index (χ0) is 36.9. The molecule has 0 bridgehead atoms. The largest absolute Gasteiger partial charge is 0.456 e. The third-order valence-corrected chi connectivity index (χ3v) is 15.9. The van der Waals surface area contributed by atoms with Crippen LogP contribution in [0.25, 0.3) is 68.2 Å². The highest BCUT2D eigenvalue weighted by molar-refractivity contribution is 6.84. The van der Waals surface area contributed by atoms with Crippen molar-refractivity contribution >= 4 is 31.4 Å². The number of fused-ring (bicyclic) bond motifs is 2. The van der Waals surface area contributed by atoms with E-state index in [2.05, 4.69) is 195 Å². The minimum Gasteiger partial charge on any atom is -0.456 e. The predicted octanol–water partition coefficient (Wildman–Crippen LogP) is 14.3. The Hall–Kier alpha value is -6.42. The average Bonchev–Trinajstić information content (AvgIpc) is 4.06. The van der Waals surface area contributed by atoms with Crippen molar-refractivity contribution < 1.29 is 8.83 Å². The molecule has 0 radical (unpaired) electrons. The molecule has 55 heavy (non-hydrogen) atoms. The molecule has 2 nitrogen and oxygen atoms in total. The molecule has 264 valence electrons. The lowest BCUT2D eigenvalue weighted by Crippen LogP contribution is -2.42. The van der Waals surface area contributed by atoms with Crippen molar-refractivity contribution in [3.8, 4) is 44.9 Å². The van der Waals surface area contributed by atoms with Gasteiger partial charge in [0.15, 0.2) is 0 Å². The molecule has 2 heterocycles. The summed E-state index contributed by atoms with van der Waals surface area (Å²) in [6.07, 6.45) is 4.87. The molecule has 2 atom stereocenters. The molecule has 8 aromatic rings. The van der Waals surface area contributed by atoms with E-state index >= 15 is 0 Å². The molecule has 0 spiro atoms. The topological polar surface area (TPSA) is 26.3 Å². The second kappa shape index (κ2) is 13.5. The van der Waals surface area contributed by atoms with Gasteiger partial charge in [0.1, 0.15) is 23.0 Å². The van der Waals surface area contributed by atoms with Crippen LogP contribution in [0, 0.1) is 0 Å². The molecular formula is C52H40O2Si. The summed E-state index contributed by atoms with van der Waals surface area (Å²) < 4.78 is 13.7. The van der Waals surface area contributed by atoms with Gasteiger partial charge in [-0.2, -0.15) is 0 Å². The Bertz CT molecular complexity index is 2530. The lowest BCUT2D eigenvalue weighted by atomic mass is 9.97. The lowest BCUT2D eigenvalue weighted by molar-refractivity contribution is 0.564. The summed E-state index contributed by atoms with van der Waals surface area (Å²) in [4.78, 5) is 0. The van der Waals surface area contributed by atoms with Gasteiger partial charge < -0.3 is 8.83 Å². The Balaban J connectivity index is 1.17. The maximum absolute atomic E-state index is 6.85. The SMILES string of the molecule is C[Si](C)(C1C(c2ccc(-c3ccccc3)o2)=Cc2c(-c3ccccc3)cccc21)C1C(c2ccc(-c3ccccc3)o2)=Cc2c(-c3ccccc3)cccc21. The fourth-order valence-electron chi connectivity index (χ4n) is 9.24. The number of hydrogen-bond acceptors (Lipinski definition) is 2. The molecule has 2 unspecified atom stereocenters. The molecule has 0 saturated heterocycles. The molecule has 3 heteroatoms. The van der Waals surface area contributed by atoms with Gasteiger partial charge in [-0.25, -0.2) is 0 Å². The van der Waals surface area contributed by atoms with E-state index in [1.807, 2.05) is 12.1 Å². The number of furan rings is 2. The maximum Gasteiger partial charge on any atom is 0.134 e. The van der Waals surface area contributed by atoms with Crippen LogP contribution < -0.4 is 0 Å². The van der Waals surface area contributed by atoms with Gasteiger partial charge in [-0.15, -0.1) is 0 Å². The van der Waals surface area contributed by atoms with Crippen molar-refractivity contribution in [2.75, 3.05) is 0 Å². The van der Waals surface area contributed by atoms with E-state index in [0.717, 1.165) is 34.2 Å². The number of hydrogen-bond donors (Lipinski definition) is 0. The maximum atomic E-state index is 6.85. The van der Waals surface area contributed by atoms with Gasteiger partial charge in [-0.05, 0) is 80.9 Å². The van der Waals surface area contributed by atoms with Crippen LogP contribution in [0.4, 0.5) is 0 Å². The molecule has 2 aliphatic carbocycles. The monoisotopic (exact) mass is 724 g/mol. The quantitative estimate of drug-likeness (QED) is 0.146. The van der Waals surface area contributed by atoms with Crippen LogP contribution in [0.15, 0.2) is 191 Å². The fourth-order valence-corrected chi connectivity index (χ4v) is 13.7. The van der Waals surface area contributed by atoms with Crippen molar-refractivity contribution in [1.29, 1.82) is 0 Å². The first-order chi connectivity index (χ1) is 27.0.